The molecule has 0 radical (unpaired) electrons. The first kappa shape index (κ1) is 11.1. The van der Waals surface area contributed by atoms with Crippen LogP contribution in [0.25, 0.3) is 11.0 Å². The summed E-state index contributed by atoms with van der Waals surface area (Å²) >= 11 is 6.00. The van der Waals surface area contributed by atoms with Crippen LogP contribution in [0.3, 0.4) is 0 Å². The van der Waals surface area contributed by atoms with E-state index in [0.29, 0.717) is 12.0 Å². The van der Waals surface area contributed by atoms with Crippen LogP contribution in [-0.2, 0) is 7.05 Å². The number of nitrogens with zero attached hydrogens (tertiary/aromatic N) is 2. The molecule has 1 N–H and O–H groups in total. The first-order valence-electron chi connectivity index (χ1n) is 6.02. The summed E-state index contributed by atoms with van der Waals surface area (Å²) in [5, 5.41) is 4.27. The Bertz CT molecular complexity index is 561. The van der Waals surface area contributed by atoms with Gasteiger partial charge in [0.2, 0.25) is 0 Å². The van der Waals surface area contributed by atoms with E-state index in [1.807, 2.05) is 18.2 Å². The third kappa shape index (κ3) is 1.74. The van der Waals surface area contributed by atoms with Gasteiger partial charge in [0, 0.05) is 12.1 Å². The zero-order chi connectivity index (χ0) is 12.0. The predicted molar refractivity (Wildman–Crippen MR) is 70.2 cm³/mol. The monoisotopic (exact) mass is 249 g/mol. The molecule has 17 heavy (non-hydrogen) atoms. The number of nitrogens with one attached hydrogen (secondary N) is 1. The first-order chi connectivity index (χ1) is 8.16. The highest BCUT2D eigenvalue weighted by Crippen LogP contribution is 2.30. The Balaban J connectivity index is 2.14. The molecule has 1 aliphatic rings. The zero-order valence-electron chi connectivity index (χ0n) is 10.1. The first-order valence-corrected chi connectivity index (χ1v) is 6.40. The summed E-state index contributed by atoms with van der Waals surface area (Å²) < 4.78 is 2.17. The van der Waals surface area contributed by atoms with Gasteiger partial charge in [-0.1, -0.05) is 18.5 Å². The van der Waals surface area contributed by atoms with Gasteiger partial charge in [0.15, 0.2) is 0 Å². The normalized spacial score (nSPS) is 24.6. The number of aromatic nitrogens is 2. The molecule has 2 unspecified atom stereocenters. The summed E-state index contributed by atoms with van der Waals surface area (Å²) in [4.78, 5) is 4.72. The molecule has 1 aromatic carbocycles. The molecule has 0 saturated carbocycles. The van der Waals surface area contributed by atoms with E-state index in [9.17, 15) is 0 Å². The molecule has 3 nitrogen and oxygen atoms in total. The molecule has 1 aliphatic heterocycles. The quantitative estimate of drug-likeness (QED) is 0.842. The molecule has 0 aliphatic carbocycles. The maximum Gasteiger partial charge on any atom is 0.127 e. The average molecular weight is 250 g/mol. The third-order valence-electron chi connectivity index (χ3n) is 3.69. The molecule has 4 heteroatoms. The van der Waals surface area contributed by atoms with Crippen LogP contribution >= 0.6 is 11.6 Å². The number of aryl methyl sites for hydroxylation is 1. The topological polar surface area (TPSA) is 29.9 Å². The number of hydrogen-bond acceptors (Lipinski definition) is 2. The number of fused-ring (bicyclic) bond motifs is 1. The van der Waals surface area contributed by atoms with E-state index in [2.05, 4.69) is 23.9 Å². The van der Waals surface area contributed by atoms with Gasteiger partial charge in [-0.3, -0.25) is 0 Å². The Labute approximate surface area is 106 Å². The highest BCUT2D eigenvalue weighted by Gasteiger charge is 2.28. The third-order valence-corrected chi connectivity index (χ3v) is 3.92. The second-order valence-electron chi connectivity index (χ2n) is 4.86. The van der Waals surface area contributed by atoms with E-state index < -0.39 is 0 Å². The van der Waals surface area contributed by atoms with Crippen molar-refractivity contribution in [2.24, 2.45) is 13.0 Å². The number of halogens is 1. The van der Waals surface area contributed by atoms with Crippen molar-refractivity contribution in [1.82, 2.24) is 14.9 Å². The van der Waals surface area contributed by atoms with Crippen molar-refractivity contribution >= 4 is 22.6 Å². The molecule has 2 heterocycles. The van der Waals surface area contributed by atoms with Crippen LogP contribution in [0.2, 0.25) is 5.02 Å². The van der Waals surface area contributed by atoms with Crippen molar-refractivity contribution in [1.29, 1.82) is 0 Å². The second-order valence-corrected chi connectivity index (χ2v) is 5.30. The molecule has 1 saturated heterocycles. The fourth-order valence-corrected chi connectivity index (χ4v) is 2.82. The molecule has 90 valence electrons. The lowest BCUT2D eigenvalue weighted by molar-refractivity contribution is 0.469. The molecule has 1 aromatic heterocycles. The number of rotatable bonds is 1. The van der Waals surface area contributed by atoms with E-state index in [0.717, 1.165) is 28.4 Å². The summed E-state index contributed by atoms with van der Waals surface area (Å²) in [7, 11) is 2.07. The molecule has 0 amide bonds. The van der Waals surface area contributed by atoms with Crippen LogP contribution in [0.15, 0.2) is 18.2 Å². The van der Waals surface area contributed by atoms with Crippen molar-refractivity contribution < 1.29 is 0 Å². The average Bonchev–Trinajstić information content (AvgIpc) is 2.83. The van der Waals surface area contributed by atoms with Crippen molar-refractivity contribution in [2.75, 3.05) is 6.54 Å². The van der Waals surface area contributed by atoms with E-state index in [1.54, 1.807) is 0 Å². The Hall–Kier alpha value is -1.06. The van der Waals surface area contributed by atoms with Crippen molar-refractivity contribution in [3.8, 4) is 0 Å². The van der Waals surface area contributed by atoms with Crippen LogP contribution in [0.1, 0.15) is 25.2 Å². The lowest BCUT2D eigenvalue weighted by Gasteiger charge is -2.15. The van der Waals surface area contributed by atoms with Gasteiger partial charge in [-0.15, -0.1) is 0 Å². The highest BCUT2D eigenvalue weighted by atomic mass is 35.5. The number of imidazole rings is 1. The van der Waals surface area contributed by atoms with E-state index >= 15 is 0 Å². The van der Waals surface area contributed by atoms with Gasteiger partial charge in [0.05, 0.1) is 17.1 Å². The zero-order valence-corrected chi connectivity index (χ0v) is 10.8. The molecular formula is C13H16ClN3. The molecule has 3 rings (SSSR count). The minimum atomic E-state index is 0.367. The van der Waals surface area contributed by atoms with Crippen molar-refractivity contribution in [3.63, 3.8) is 0 Å². The van der Waals surface area contributed by atoms with Crippen LogP contribution in [0.4, 0.5) is 0 Å². The smallest absolute Gasteiger partial charge is 0.127 e. The van der Waals surface area contributed by atoms with Crippen LogP contribution < -0.4 is 5.32 Å². The summed E-state index contributed by atoms with van der Waals surface area (Å²) in [6.45, 7) is 3.35. The largest absolute Gasteiger partial charge is 0.330 e. The van der Waals surface area contributed by atoms with Gasteiger partial charge in [-0.05, 0) is 37.1 Å². The van der Waals surface area contributed by atoms with Crippen LogP contribution in [0, 0.1) is 5.92 Å². The van der Waals surface area contributed by atoms with Gasteiger partial charge in [-0.25, -0.2) is 4.98 Å². The molecule has 0 bridgehead atoms. The minimum absolute atomic E-state index is 0.367. The Morgan fingerprint density at radius 3 is 3.00 bits per heavy atom. The number of benzene rings is 1. The van der Waals surface area contributed by atoms with E-state index in [-0.39, 0.29) is 0 Å². The summed E-state index contributed by atoms with van der Waals surface area (Å²) in [5.74, 6) is 1.76. The number of hydrogen-bond donors (Lipinski definition) is 1. The van der Waals surface area contributed by atoms with Crippen molar-refractivity contribution in [3.05, 3.63) is 29.0 Å². The standard InChI is InChI=1S/C13H16ClN3/c1-8-5-6-15-12(8)13-16-10-7-9(14)3-4-11(10)17(13)2/h3-4,7-8,12,15H,5-6H2,1-2H3. The summed E-state index contributed by atoms with van der Waals surface area (Å²) in [5.41, 5.74) is 2.13. The van der Waals surface area contributed by atoms with Crippen molar-refractivity contribution in [2.45, 2.75) is 19.4 Å². The Morgan fingerprint density at radius 1 is 1.47 bits per heavy atom. The maximum absolute atomic E-state index is 6.00. The Morgan fingerprint density at radius 2 is 2.29 bits per heavy atom. The van der Waals surface area contributed by atoms with Gasteiger partial charge >= 0.3 is 0 Å². The SMILES string of the molecule is CC1CCNC1c1nc2cc(Cl)ccc2n1C. The molecule has 2 atom stereocenters. The fourth-order valence-electron chi connectivity index (χ4n) is 2.65. The van der Waals surface area contributed by atoms with Gasteiger partial charge in [0.1, 0.15) is 5.82 Å². The second kappa shape index (κ2) is 4.00. The highest BCUT2D eigenvalue weighted by molar-refractivity contribution is 6.31. The molecule has 0 spiro atoms. The van der Waals surface area contributed by atoms with E-state index in [4.69, 9.17) is 16.6 Å². The molecular weight excluding hydrogens is 234 g/mol. The molecule has 1 fully saturated rings. The summed E-state index contributed by atoms with van der Waals surface area (Å²) in [6, 6.07) is 6.25. The lowest BCUT2D eigenvalue weighted by atomic mass is 10.0. The van der Waals surface area contributed by atoms with Crippen LogP contribution in [-0.4, -0.2) is 16.1 Å². The predicted octanol–water partition coefficient (Wildman–Crippen LogP) is 2.90. The fraction of sp³-hybridized carbons (Fsp3) is 0.462. The van der Waals surface area contributed by atoms with Gasteiger partial charge in [-0.2, -0.15) is 0 Å². The maximum atomic E-state index is 6.00. The van der Waals surface area contributed by atoms with Gasteiger partial charge < -0.3 is 9.88 Å². The Kier molecular flexibility index (Phi) is 2.60. The van der Waals surface area contributed by atoms with E-state index in [1.165, 1.54) is 6.42 Å². The minimum Gasteiger partial charge on any atom is -0.330 e. The lowest BCUT2D eigenvalue weighted by Crippen LogP contribution is -2.20. The summed E-state index contributed by atoms with van der Waals surface area (Å²) in [6.07, 6.45) is 1.22. The van der Waals surface area contributed by atoms with Crippen LogP contribution in [0.5, 0.6) is 0 Å². The van der Waals surface area contributed by atoms with Gasteiger partial charge in [0.25, 0.3) is 0 Å². The molecule has 2 aromatic rings.